The molecule has 0 saturated carbocycles. The Balaban J connectivity index is 1.38. The van der Waals surface area contributed by atoms with E-state index >= 15 is 0 Å². The number of anilines is 1. The van der Waals surface area contributed by atoms with Gasteiger partial charge in [0.2, 0.25) is 5.91 Å². The number of nitrogens with zero attached hydrogens (tertiary/aromatic N) is 2. The van der Waals surface area contributed by atoms with Crippen LogP contribution < -0.4 is 14.8 Å². The Hall–Kier alpha value is -3.51. The number of rotatable bonds is 11. The highest BCUT2D eigenvalue weighted by molar-refractivity contribution is 9.10. The zero-order valence-electron chi connectivity index (χ0n) is 29.5. The van der Waals surface area contributed by atoms with Crippen LogP contribution in [-0.4, -0.2) is 75.4 Å². The lowest BCUT2D eigenvalue weighted by atomic mass is 9.82. The van der Waals surface area contributed by atoms with Crippen molar-refractivity contribution in [1.82, 2.24) is 4.90 Å². The van der Waals surface area contributed by atoms with Crippen LogP contribution in [0.1, 0.15) is 49.3 Å². The second-order valence-corrected chi connectivity index (χ2v) is 19.9. The zero-order valence-corrected chi connectivity index (χ0v) is 32.1. The largest absolute Gasteiger partial charge is 0.497 e. The number of aliphatic hydroxyl groups is 1. The Morgan fingerprint density at radius 3 is 2.44 bits per heavy atom. The number of carbonyl (C=O) groups excluding carboxylic acids is 3. The molecule has 0 aliphatic carbocycles. The second kappa shape index (κ2) is 14.6. The van der Waals surface area contributed by atoms with Crippen molar-refractivity contribution in [2.24, 2.45) is 5.92 Å². The first-order chi connectivity index (χ1) is 24.0. The predicted octanol–water partition coefficient (Wildman–Crippen LogP) is 5.70. The van der Waals surface area contributed by atoms with Gasteiger partial charge in [-0.15, -0.1) is 0 Å². The van der Waals surface area contributed by atoms with E-state index in [1.165, 1.54) is 12.3 Å². The fraction of sp³-hybridized carbons (Fsp3) is 0.462. The Morgan fingerprint density at radius 1 is 1.04 bits per heavy atom. The molecule has 0 aromatic heterocycles. The number of ether oxygens (including phenoxy) is 3. The maximum atomic E-state index is 14.9. The summed E-state index contributed by atoms with van der Waals surface area (Å²) in [6, 6.07) is 21.8. The molecule has 1 fully saturated rings. The molecule has 266 valence electrons. The van der Waals surface area contributed by atoms with Gasteiger partial charge in [-0.2, -0.15) is 0 Å². The molecule has 0 unspecified atom stereocenters. The van der Waals surface area contributed by atoms with Crippen molar-refractivity contribution in [3.63, 3.8) is 0 Å². The summed E-state index contributed by atoms with van der Waals surface area (Å²) in [5, 5.41) is 11.6. The molecule has 3 heterocycles. The maximum absolute atomic E-state index is 14.9. The topological polar surface area (TPSA) is 106 Å². The van der Waals surface area contributed by atoms with E-state index in [4.69, 9.17) is 14.2 Å². The third-order valence-electron chi connectivity index (χ3n) is 11.3. The molecule has 3 aromatic rings. The molecule has 6 rings (SSSR count). The van der Waals surface area contributed by atoms with Crippen LogP contribution >= 0.6 is 15.9 Å². The predicted molar refractivity (Wildman–Crippen MR) is 198 cm³/mol. The van der Waals surface area contributed by atoms with Crippen LogP contribution in [0.2, 0.25) is 18.6 Å². The molecule has 3 aliphatic heterocycles. The molecular formula is C39H47BrN2O7Si. The third kappa shape index (κ3) is 6.42. The summed E-state index contributed by atoms with van der Waals surface area (Å²) in [6.45, 7) is 7.44. The zero-order chi connectivity index (χ0) is 35.8. The van der Waals surface area contributed by atoms with E-state index in [9.17, 15) is 19.5 Å². The lowest BCUT2D eigenvalue weighted by molar-refractivity contribution is -0.151. The third-order valence-corrected chi connectivity index (χ3v) is 16.2. The van der Waals surface area contributed by atoms with Gasteiger partial charge in [-0.25, -0.2) is 0 Å². The molecule has 1 spiro atoms. The molecule has 0 radical (unpaired) electrons. The SMILES string of the molecule is COC(=O)CCCCN1C(=O)[C@@]2(O[C@@H](CC(=O)N3Cc4ccccc4C[C@H]3CO)[C@H]([Si](C)(C)c3ccc(OC)cc3)[C@H]2C)c2cc(Br)ccc21. The monoisotopic (exact) mass is 762 g/mol. The van der Waals surface area contributed by atoms with Crippen molar-refractivity contribution in [3.8, 4) is 5.75 Å². The van der Waals surface area contributed by atoms with Crippen molar-refractivity contribution in [3.05, 3.63) is 87.9 Å². The number of amides is 2. The number of halogens is 1. The maximum Gasteiger partial charge on any atom is 0.305 e. The van der Waals surface area contributed by atoms with Gasteiger partial charge >= 0.3 is 5.97 Å². The number of methoxy groups -OCH3 is 2. The highest BCUT2D eigenvalue weighted by Crippen LogP contribution is 2.60. The first-order valence-electron chi connectivity index (χ1n) is 17.4. The molecule has 0 bridgehead atoms. The van der Waals surface area contributed by atoms with Crippen LogP contribution in [-0.2, 0) is 42.4 Å². The fourth-order valence-corrected chi connectivity index (χ4v) is 13.1. The summed E-state index contributed by atoms with van der Waals surface area (Å²) >= 11 is 3.66. The minimum atomic E-state index is -2.47. The number of hydrogen-bond acceptors (Lipinski definition) is 7. The van der Waals surface area contributed by atoms with Crippen LogP contribution in [0.3, 0.4) is 0 Å². The van der Waals surface area contributed by atoms with E-state index in [0.717, 1.165) is 32.6 Å². The van der Waals surface area contributed by atoms with Crippen molar-refractivity contribution in [1.29, 1.82) is 0 Å². The first kappa shape index (κ1) is 36.3. The second-order valence-electron chi connectivity index (χ2n) is 14.3. The Morgan fingerprint density at radius 2 is 1.76 bits per heavy atom. The molecule has 9 nitrogen and oxygen atoms in total. The fourth-order valence-electron chi connectivity index (χ4n) is 8.68. The van der Waals surface area contributed by atoms with E-state index in [1.54, 1.807) is 12.0 Å². The molecule has 5 atom stereocenters. The van der Waals surface area contributed by atoms with Crippen LogP contribution in [0, 0.1) is 5.92 Å². The van der Waals surface area contributed by atoms with Gasteiger partial charge in [0.25, 0.3) is 5.91 Å². The summed E-state index contributed by atoms with van der Waals surface area (Å²) in [5.74, 6) is 0.0200. The molecule has 11 heteroatoms. The van der Waals surface area contributed by atoms with Gasteiger partial charge in [0.15, 0.2) is 5.60 Å². The van der Waals surface area contributed by atoms with Gasteiger partial charge in [0.1, 0.15) is 5.75 Å². The van der Waals surface area contributed by atoms with E-state index in [0.29, 0.717) is 32.4 Å². The van der Waals surface area contributed by atoms with Gasteiger partial charge in [-0.1, -0.05) is 77.5 Å². The quantitative estimate of drug-likeness (QED) is 0.152. The molecule has 2 amide bonds. The Labute approximate surface area is 304 Å². The normalized spacial score (nSPS) is 24.3. The lowest BCUT2D eigenvalue weighted by Gasteiger charge is -2.39. The lowest BCUT2D eigenvalue weighted by Crippen LogP contribution is -2.52. The minimum absolute atomic E-state index is 0.0862. The average Bonchev–Trinajstić information content (AvgIpc) is 3.54. The van der Waals surface area contributed by atoms with Crippen molar-refractivity contribution < 1.29 is 33.7 Å². The van der Waals surface area contributed by atoms with E-state index in [1.807, 2.05) is 53.4 Å². The molecule has 3 aliphatic rings. The van der Waals surface area contributed by atoms with Crippen molar-refractivity contribution in [2.75, 3.05) is 32.3 Å². The molecular weight excluding hydrogens is 716 g/mol. The number of esters is 1. The number of hydrogen-bond donors (Lipinski definition) is 1. The molecule has 1 saturated heterocycles. The van der Waals surface area contributed by atoms with Gasteiger partial charge in [0.05, 0.1) is 53.2 Å². The highest BCUT2D eigenvalue weighted by atomic mass is 79.9. The summed E-state index contributed by atoms with van der Waals surface area (Å²) in [7, 11) is 0.560. The Kier molecular flexibility index (Phi) is 10.6. The molecule has 50 heavy (non-hydrogen) atoms. The van der Waals surface area contributed by atoms with Gasteiger partial charge in [-0.3, -0.25) is 14.4 Å². The van der Waals surface area contributed by atoms with Crippen LogP contribution in [0.15, 0.2) is 71.2 Å². The molecule has 3 aromatic carbocycles. The number of fused-ring (bicyclic) bond motifs is 3. The summed E-state index contributed by atoms with van der Waals surface area (Å²) in [5.41, 5.74) is 2.43. The Bertz CT molecular complexity index is 1750. The number of carbonyl (C=O) groups is 3. The van der Waals surface area contributed by atoms with Crippen LogP contribution in [0.5, 0.6) is 5.75 Å². The number of unbranched alkanes of at least 4 members (excludes halogenated alkanes) is 1. The summed E-state index contributed by atoms with van der Waals surface area (Å²) in [6.07, 6.45) is 1.63. The van der Waals surface area contributed by atoms with E-state index < -0.39 is 19.8 Å². The molecule has 1 N–H and O–H groups in total. The smallest absolute Gasteiger partial charge is 0.305 e. The van der Waals surface area contributed by atoms with Gasteiger partial charge < -0.3 is 29.1 Å². The minimum Gasteiger partial charge on any atom is -0.497 e. The van der Waals surface area contributed by atoms with Crippen molar-refractivity contribution in [2.45, 2.75) is 82.0 Å². The van der Waals surface area contributed by atoms with Gasteiger partial charge in [0, 0.05) is 35.5 Å². The first-order valence-corrected chi connectivity index (χ1v) is 21.3. The number of benzene rings is 3. The van der Waals surface area contributed by atoms with Crippen molar-refractivity contribution >= 4 is 52.7 Å². The highest BCUT2D eigenvalue weighted by Gasteiger charge is 2.66. The standard InChI is InChI=1S/C39H47BrN2O7Si/c1-25-37(50(4,5)31-16-14-30(47-2)15-17-31)34(22-35(44)42-23-27-11-7-6-10-26(27)20-29(42)24-43)49-39(25)32-21-28(40)13-18-33(32)41(38(39)46)19-9-8-12-36(45)48-3/h6-7,10-11,13-18,21,25,29,34,37,43H,8-9,12,19-20,22-24H2,1-5H3/t25-,29+,34+,37-,39+/m1/s1. The number of aliphatic hydroxyl groups excluding tert-OH is 1. The van der Waals surface area contributed by atoms with E-state index in [2.05, 4.69) is 54.1 Å². The van der Waals surface area contributed by atoms with Crippen LogP contribution in [0.25, 0.3) is 0 Å². The average molecular weight is 764 g/mol. The summed E-state index contributed by atoms with van der Waals surface area (Å²) < 4.78 is 18.3. The van der Waals surface area contributed by atoms with Crippen LogP contribution in [0.4, 0.5) is 5.69 Å². The summed E-state index contributed by atoms with van der Waals surface area (Å²) in [4.78, 5) is 44.8. The van der Waals surface area contributed by atoms with E-state index in [-0.39, 0.29) is 54.7 Å². The van der Waals surface area contributed by atoms with Gasteiger partial charge in [-0.05, 0) is 66.3 Å².